The summed E-state index contributed by atoms with van der Waals surface area (Å²) in [4.78, 5) is 37.1. The molecule has 0 unspecified atom stereocenters. The fourth-order valence-corrected chi connectivity index (χ4v) is 3.87. The molecule has 0 atom stereocenters. The highest BCUT2D eigenvalue weighted by Crippen LogP contribution is 2.30. The molecule has 0 saturated heterocycles. The number of hydrogen-bond donors (Lipinski definition) is 3. The third-order valence-corrected chi connectivity index (χ3v) is 6.03. The van der Waals surface area contributed by atoms with Gasteiger partial charge in [-0.1, -0.05) is 32.9 Å². The molecule has 0 radical (unpaired) electrons. The van der Waals surface area contributed by atoms with Crippen LogP contribution in [0.4, 0.5) is 26.1 Å². The first-order valence-electron chi connectivity index (χ1n) is 12.4. The smallest absolute Gasteiger partial charge is 0.230 e. The highest BCUT2D eigenvalue weighted by Gasteiger charge is 2.22. The number of carbonyl (C=O) groups excluding carboxylic acids is 1. The number of anilines is 3. The normalized spacial score (nSPS) is 11.3. The number of carbonyl (C=O) groups is 1. The maximum absolute atomic E-state index is 15.0. The van der Waals surface area contributed by atoms with Crippen LogP contribution in [0.25, 0.3) is 22.0 Å². The summed E-state index contributed by atoms with van der Waals surface area (Å²) in [6.45, 7) is 5.34. The number of aromatic nitrogens is 3. The molecule has 0 bridgehead atoms. The standard InChI is InChI=1S/C30H25F2N5O3/c1-30(2,3)29(39)37-25-15-20(10-12-33-25)40-24-9-8-19(14-22(24)32)36-28-26-23(11-13-34-28)35-16-21(27(26)38)17-4-6-18(31)7-5-17/h4-16H,1-3H3,(H,34,36)(H,35,38)(H,33,37,39). The van der Waals surface area contributed by atoms with E-state index in [1.54, 1.807) is 45.2 Å². The molecule has 0 aliphatic rings. The first-order chi connectivity index (χ1) is 19.1. The highest BCUT2D eigenvalue weighted by molar-refractivity contribution is 5.94. The number of benzene rings is 2. The molecule has 0 saturated carbocycles. The van der Waals surface area contributed by atoms with Crippen molar-refractivity contribution >= 4 is 34.1 Å². The van der Waals surface area contributed by atoms with Crippen LogP contribution in [0.3, 0.4) is 0 Å². The van der Waals surface area contributed by atoms with E-state index in [0.29, 0.717) is 22.3 Å². The second kappa shape index (κ2) is 10.6. The summed E-state index contributed by atoms with van der Waals surface area (Å²) in [5.41, 5.74) is 0.825. The van der Waals surface area contributed by atoms with E-state index < -0.39 is 17.0 Å². The third-order valence-electron chi connectivity index (χ3n) is 6.03. The van der Waals surface area contributed by atoms with Gasteiger partial charge in [0, 0.05) is 47.4 Å². The van der Waals surface area contributed by atoms with Gasteiger partial charge in [0.1, 0.15) is 23.2 Å². The van der Waals surface area contributed by atoms with E-state index in [1.807, 2.05) is 0 Å². The van der Waals surface area contributed by atoms with Crippen molar-refractivity contribution in [2.75, 3.05) is 10.6 Å². The maximum Gasteiger partial charge on any atom is 0.230 e. The Morgan fingerprint density at radius 3 is 2.42 bits per heavy atom. The zero-order chi connectivity index (χ0) is 28.4. The van der Waals surface area contributed by atoms with Crippen LogP contribution in [0.15, 0.2) is 84.0 Å². The molecule has 0 spiro atoms. The molecule has 0 fully saturated rings. The van der Waals surface area contributed by atoms with E-state index in [2.05, 4.69) is 25.6 Å². The van der Waals surface area contributed by atoms with E-state index >= 15 is 4.39 Å². The van der Waals surface area contributed by atoms with Crippen LogP contribution in [-0.2, 0) is 4.79 Å². The zero-order valence-corrected chi connectivity index (χ0v) is 21.9. The van der Waals surface area contributed by atoms with Crippen molar-refractivity contribution in [3.8, 4) is 22.6 Å². The summed E-state index contributed by atoms with van der Waals surface area (Å²) in [6.07, 6.45) is 4.53. The van der Waals surface area contributed by atoms with E-state index in [1.165, 1.54) is 54.9 Å². The predicted octanol–water partition coefficient (Wildman–Crippen LogP) is 6.78. The number of nitrogens with zero attached hydrogens (tertiary/aromatic N) is 2. The molecular formula is C30H25F2N5O3. The number of nitrogens with one attached hydrogen (secondary N) is 3. The van der Waals surface area contributed by atoms with Gasteiger partial charge >= 0.3 is 0 Å². The molecular weight excluding hydrogens is 516 g/mol. The van der Waals surface area contributed by atoms with Gasteiger partial charge in [-0.3, -0.25) is 9.59 Å². The highest BCUT2D eigenvalue weighted by atomic mass is 19.1. The molecule has 0 aliphatic heterocycles. The minimum absolute atomic E-state index is 0.0489. The second-order valence-corrected chi connectivity index (χ2v) is 10.1. The maximum atomic E-state index is 15.0. The number of pyridine rings is 3. The number of fused-ring (bicyclic) bond motifs is 1. The van der Waals surface area contributed by atoms with Crippen molar-refractivity contribution in [1.29, 1.82) is 0 Å². The molecule has 0 aliphatic carbocycles. The van der Waals surface area contributed by atoms with Gasteiger partial charge in [-0.2, -0.15) is 0 Å². The van der Waals surface area contributed by atoms with Crippen LogP contribution in [0, 0.1) is 17.0 Å². The first kappa shape index (κ1) is 26.5. The van der Waals surface area contributed by atoms with Crippen molar-refractivity contribution < 1.29 is 18.3 Å². The number of ether oxygens (including phenoxy) is 1. The first-order valence-corrected chi connectivity index (χ1v) is 12.4. The van der Waals surface area contributed by atoms with E-state index in [-0.39, 0.29) is 39.9 Å². The minimum Gasteiger partial charge on any atom is -0.454 e. The van der Waals surface area contributed by atoms with Crippen molar-refractivity contribution in [2.24, 2.45) is 5.41 Å². The monoisotopic (exact) mass is 541 g/mol. The Bertz CT molecular complexity index is 1780. The lowest BCUT2D eigenvalue weighted by Gasteiger charge is -2.17. The van der Waals surface area contributed by atoms with E-state index in [4.69, 9.17) is 4.74 Å². The fraction of sp³-hybridized carbons (Fsp3) is 0.133. The lowest BCUT2D eigenvalue weighted by atomic mass is 9.96. The second-order valence-electron chi connectivity index (χ2n) is 10.1. The van der Waals surface area contributed by atoms with Gasteiger partial charge in [-0.15, -0.1) is 0 Å². The molecule has 10 heteroatoms. The van der Waals surface area contributed by atoms with Crippen LogP contribution in [0.5, 0.6) is 11.5 Å². The Hall–Kier alpha value is -5.12. The van der Waals surface area contributed by atoms with Gasteiger partial charge in [0.25, 0.3) is 0 Å². The molecule has 40 heavy (non-hydrogen) atoms. The van der Waals surface area contributed by atoms with E-state index in [0.717, 1.165) is 0 Å². The number of rotatable bonds is 6. The molecule has 8 nitrogen and oxygen atoms in total. The molecule has 2 aromatic carbocycles. The number of H-pyrrole nitrogens is 1. The molecule has 5 aromatic rings. The number of hydrogen-bond acceptors (Lipinski definition) is 6. The van der Waals surface area contributed by atoms with Crippen LogP contribution in [0.2, 0.25) is 0 Å². The Kier molecular flexibility index (Phi) is 7.00. The molecule has 3 N–H and O–H groups in total. The van der Waals surface area contributed by atoms with Crippen molar-refractivity contribution in [3.63, 3.8) is 0 Å². The zero-order valence-electron chi connectivity index (χ0n) is 21.9. The SMILES string of the molecule is CC(C)(C)C(=O)Nc1cc(Oc2ccc(Nc3nccc4[nH]cc(-c5ccc(F)cc5)c(=O)c34)cc2F)ccn1. The lowest BCUT2D eigenvalue weighted by Crippen LogP contribution is -2.27. The van der Waals surface area contributed by atoms with Gasteiger partial charge < -0.3 is 20.4 Å². The summed E-state index contributed by atoms with van der Waals surface area (Å²) >= 11 is 0. The van der Waals surface area contributed by atoms with Gasteiger partial charge in [-0.25, -0.2) is 18.7 Å². The Morgan fingerprint density at radius 2 is 1.70 bits per heavy atom. The summed E-state index contributed by atoms with van der Waals surface area (Å²) in [5, 5.41) is 5.99. The average Bonchev–Trinajstić information content (AvgIpc) is 2.91. The molecule has 5 rings (SSSR count). The molecule has 3 aromatic heterocycles. The number of amides is 1. The Balaban J connectivity index is 1.39. The number of halogens is 2. The van der Waals surface area contributed by atoms with Crippen LogP contribution >= 0.6 is 0 Å². The minimum atomic E-state index is -0.664. The lowest BCUT2D eigenvalue weighted by molar-refractivity contribution is -0.123. The van der Waals surface area contributed by atoms with Crippen LogP contribution < -0.4 is 20.8 Å². The quantitative estimate of drug-likeness (QED) is 0.219. The van der Waals surface area contributed by atoms with E-state index in [9.17, 15) is 14.0 Å². The molecule has 1 amide bonds. The molecule has 3 heterocycles. The Labute approximate surface area is 228 Å². The van der Waals surface area contributed by atoms with Gasteiger partial charge in [0.15, 0.2) is 11.6 Å². The fourth-order valence-electron chi connectivity index (χ4n) is 3.87. The van der Waals surface area contributed by atoms with Gasteiger partial charge in [-0.05, 0) is 42.0 Å². The van der Waals surface area contributed by atoms with Gasteiger partial charge in [0.2, 0.25) is 11.3 Å². The summed E-state index contributed by atoms with van der Waals surface area (Å²) in [5.74, 6) is -0.544. The summed E-state index contributed by atoms with van der Waals surface area (Å²) < 4.78 is 34.1. The molecule has 202 valence electrons. The summed E-state index contributed by atoms with van der Waals surface area (Å²) in [6, 6.07) is 14.5. The van der Waals surface area contributed by atoms with Crippen LogP contribution in [-0.4, -0.2) is 20.9 Å². The van der Waals surface area contributed by atoms with Gasteiger partial charge in [0.05, 0.1) is 10.9 Å². The largest absolute Gasteiger partial charge is 0.454 e. The van der Waals surface area contributed by atoms with Crippen molar-refractivity contribution in [2.45, 2.75) is 20.8 Å². The van der Waals surface area contributed by atoms with Crippen molar-refractivity contribution in [1.82, 2.24) is 15.0 Å². The summed E-state index contributed by atoms with van der Waals surface area (Å²) in [7, 11) is 0. The predicted molar refractivity (Wildman–Crippen MR) is 150 cm³/mol. The Morgan fingerprint density at radius 1 is 0.950 bits per heavy atom. The van der Waals surface area contributed by atoms with Crippen molar-refractivity contribution in [3.05, 3.63) is 101 Å². The third kappa shape index (κ3) is 5.65. The average molecular weight is 542 g/mol. The number of aromatic amines is 1. The topological polar surface area (TPSA) is 109 Å². The van der Waals surface area contributed by atoms with Crippen LogP contribution in [0.1, 0.15) is 20.8 Å².